The van der Waals surface area contributed by atoms with Crippen LogP contribution in [-0.4, -0.2) is 93.1 Å². The summed E-state index contributed by atoms with van der Waals surface area (Å²) in [5.41, 5.74) is -1.49. The highest BCUT2D eigenvalue weighted by atomic mass is 19.1. The van der Waals surface area contributed by atoms with E-state index in [1.165, 1.54) is 21.9 Å². The molecule has 0 aromatic heterocycles. The van der Waals surface area contributed by atoms with Crippen molar-refractivity contribution in [2.24, 2.45) is 5.92 Å². The van der Waals surface area contributed by atoms with Gasteiger partial charge in [-0.1, -0.05) is 37.1 Å². The fourth-order valence-electron chi connectivity index (χ4n) is 6.98. The summed E-state index contributed by atoms with van der Waals surface area (Å²) in [6.07, 6.45) is 3.62. The van der Waals surface area contributed by atoms with Gasteiger partial charge in [0.15, 0.2) is 5.54 Å². The lowest BCUT2D eigenvalue weighted by Crippen LogP contribution is -2.59. The third-order valence-corrected chi connectivity index (χ3v) is 9.50. The van der Waals surface area contributed by atoms with Crippen molar-refractivity contribution in [3.8, 4) is 0 Å². The zero-order chi connectivity index (χ0) is 38.4. The van der Waals surface area contributed by atoms with E-state index in [0.29, 0.717) is 17.5 Å². The number of benzene rings is 1. The molecule has 0 spiro atoms. The molecule has 0 radical (unpaired) electrons. The molecular formula is C38H51FN4O9. The second-order valence-electron chi connectivity index (χ2n) is 14.5. The summed E-state index contributed by atoms with van der Waals surface area (Å²) in [6.45, 7) is 15.2. The summed E-state index contributed by atoms with van der Waals surface area (Å²) in [7, 11) is 0. The summed E-state index contributed by atoms with van der Waals surface area (Å²) in [4.78, 5) is 85.3. The SMILES string of the molecule is C=CCCCCC[C@H](NC(=O)OC(C)(C)C)C(=O)N1C[C@H](OC(=O)N2Cc3cccc(F)c3C2)C[C@H]1C(=O)N(C(C)=O)[C@]1(C(=O)OCC)C[C@H]1C=C. The molecule has 13 nitrogen and oxygen atoms in total. The van der Waals surface area contributed by atoms with E-state index in [1.54, 1.807) is 45.9 Å². The topological polar surface area (TPSA) is 152 Å². The molecule has 0 bridgehead atoms. The lowest BCUT2D eigenvalue weighted by Gasteiger charge is -2.34. The number of ether oxygens (including phenoxy) is 3. The molecule has 0 unspecified atom stereocenters. The van der Waals surface area contributed by atoms with Crippen LogP contribution in [0, 0.1) is 11.7 Å². The number of hydrogen-bond donors (Lipinski definition) is 1. The first-order chi connectivity index (χ1) is 24.6. The van der Waals surface area contributed by atoms with Crippen molar-refractivity contribution in [2.75, 3.05) is 13.2 Å². The van der Waals surface area contributed by atoms with Crippen LogP contribution in [0.1, 0.15) is 90.7 Å². The summed E-state index contributed by atoms with van der Waals surface area (Å²) < 4.78 is 31.0. The number of amides is 5. The smallest absolute Gasteiger partial charge is 0.410 e. The Morgan fingerprint density at radius 1 is 1.12 bits per heavy atom. The van der Waals surface area contributed by atoms with Gasteiger partial charge in [0.1, 0.15) is 29.6 Å². The molecule has 2 heterocycles. The van der Waals surface area contributed by atoms with Gasteiger partial charge in [0.05, 0.1) is 19.7 Å². The highest BCUT2D eigenvalue weighted by Gasteiger charge is 2.67. The first-order valence-corrected chi connectivity index (χ1v) is 17.8. The number of carbonyl (C=O) groups excluding carboxylic acids is 6. The van der Waals surface area contributed by atoms with Crippen molar-refractivity contribution in [1.29, 1.82) is 0 Å². The van der Waals surface area contributed by atoms with Crippen molar-refractivity contribution >= 4 is 35.9 Å². The van der Waals surface area contributed by atoms with Gasteiger partial charge < -0.3 is 24.4 Å². The van der Waals surface area contributed by atoms with E-state index < -0.39 is 76.9 Å². The molecule has 2 fully saturated rings. The summed E-state index contributed by atoms with van der Waals surface area (Å²) in [5, 5.41) is 2.66. The number of hydrogen-bond acceptors (Lipinski definition) is 9. The highest BCUT2D eigenvalue weighted by molar-refractivity contribution is 6.05. The minimum atomic E-state index is -1.64. The first-order valence-electron chi connectivity index (χ1n) is 17.8. The number of carbonyl (C=O) groups is 6. The van der Waals surface area contributed by atoms with Crippen LogP contribution in [0.5, 0.6) is 0 Å². The lowest BCUT2D eigenvalue weighted by atomic mass is 10.0. The van der Waals surface area contributed by atoms with Crippen LogP contribution in [0.15, 0.2) is 43.5 Å². The minimum Gasteiger partial charge on any atom is -0.464 e. The van der Waals surface area contributed by atoms with Crippen LogP contribution in [0.2, 0.25) is 0 Å². The molecule has 2 aliphatic heterocycles. The number of unbranched alkanes of at least 4 members (excludes halogenated alkanes) is 3. The Kier molecular flexibility index (Phi) is 12.9. The number of imide groups is 1. The quantitative estimate of drug-likeness (QED) is 0.119. The second-order valence-corrected chi connectivity index (χ2v) is 14.5. The predicted octanol–water partition coefficient (Wildman–Crippen LogP) is 5.16. The van der Waals surface area contributed by atoms with Crippen molar-refractivity contribution in [3.05, 3.63) is 60.5 Å². The molecule has 1 N–H and O–H groups in total. The number of allylic oxidation sites excluding steroid dienone is 1. The van der Waals surface area contributed by atoms with Gasteiger partial charge in [0.2, 0.25) is 11.8 Å². The highest BCUT2D eigenvalue weighted by Crippen LogP contribution is 2.51. The molecule has 14 heteroatoms. The number of alkyl carbamates (subject to hydrolysis) is 1. The van der Waals surface area contributed by atoms with E-state index in [-0.39, 0.29) is 45.5 Å². The molecule has 1 aromatic carbocycles. The maximum Gasteiger partial charge on any atom is 0.410 e. The van der Waals surface area contributed by atoms with Crippen molar-refractivity contribution in [3.63, 3.8) is 0 Å². The number of esters is 1. The zero-order valence-corrected chi connectivity index (χ0v) is 30.8. The number of fused-ring (bicyclic) bond motifs is 1. The maximum atomic E-state index is 14.6. The molecular weight excluding hydrogens is 675 g/mol. The molecule has 4 rings (SSSR count). The van der Waals surface area contributed by atoms with Gasteiger partial charge in [-0.2, -0.15) is 0 Å². The van der Waals surface area contributed by atoms with Crippen LogP contribution in [-0.2, 0) is 46.5 Å². The van der Waals surface area contributed by atoms with Gasteiger partial charge >= 0.3 is 18.2 Å². The zero-order valence-electron chi connectivity index (χ0n) is 30.8. The lowest BCUT2D eigenvalue weighted by molar-refractivity contribution is -0.165. The molecule has 5 atom stereocenters. The Balaban J connectivity index is 1.65. The van der Waals surface area contributed by atoms with E-state index in [0.717, 1.165) is 31.1 Å². The monoisotopic (exact) mass is 726 g/mol. The molecule has 1 saturated carbocycles. The van der Waals surface area contributed by atoms with Gasteiger partial charge in [0.25, 0.3) is 5.91 Å². The van der Waals surface area contributed by atoms with E-state index in [2.05, 4.69) is 18.5 Å². The second kappa shape index (κ2) is 16.7. The largest absolute Gasteiger partial charge is 0.464 e. The molecule has 1 saturated heterocycles. The minimum absolute atomic E-state index is 0.00548. The molecule has 1 aliphatic carbocycles. The number of likely N-dealkylation sites (tertiary alicyclic amines) is 1. The standard InChI is InChI=1S/C38H51FN4O9/c1-8-11-12-13-14-18-30(40-35(48)52-37(5,6)7)32(45)42-22-27(51-36(49)41-21-25-16-15-17-29(39)28(25)23-41)19-31(42)33(46)43(24(4)44)38(20-26(38)9-2)34(47)50-10-3/h8-9,15-17,26-27,30-31H,1-2,10-14,18-23H2,3-7H3,(H,40,48)/t26-,27-,30+,31+,38-/m1/s1. The average molecular weight is 727 g/mol. The number of nitrogens with zero attached hydrogens (tertiary/aromatic N) is 3. The van der Waals surface area contributed by atoms with Gasteiger partial charge in [0, 0.05) is 31.4 Å². The Labute approximate surface area is 304 Å². The first kappa shape index (κ1) is 40.0. The molecule has 3 aliphatic rings. The molecule has 5 amide bonds. The maximum absolute atomic E-state index is 14.6. The van der Waals surface area contributed by atoms with E-state index in [4.69, 9.17) is 14.2 Å². The number of halogens is 1. The van der Waals surface area contributed by atoms with Gasteiger partial charge in [-0.15, -0.1) is 13.2 Å². The van der Waals surface area contributed by atoms with Crippen molar-refractivity contribution in [1.82, 2.24) is 20.0 Å². The van der Waals surface area contributed by atoms with E-state index in [1.807, 2.05) is 0 Å². The summed E-state index contributed by atoms with van der Waals surface area (Å²) >= 11 is 0. The number of nitrogens with one attached hydrogen (secondary N) is 1. The molecule has 284 valence electrons. The molecule has 52 heavy (non-hydrogen) atoms. The van der Waals surface area contributed by atoms with E-state index >= 15 is 0 Å². The van der Waals surface area contributed by atoms with Crippen molar-refractivity contribution < 1.29 is 47.4 Å². The van der Waals surface area contributed by atoms with Crippen molar-refractivity contribution in [2.45, 2.75) is 122 Å². The van der Waals surface area contributed by atoms with Crippen LogP contribution in [0.25, 0.3) is 0 Å². The fraction of sp³-hybridized carbons (Fsp3) is 0.579. The van der Waals surface area contributed by atoms with Crippen LogP contribution in [0.4, 0.5) is 14.0 Å². The van der Waals surface area contributed by atoms with E-state index in [9.17, 15) is 33.2 Å². The van der Waals surface area contributed by atoms with Gasteiger partial charge in [-0.25, -0.2) is 18.8 Å². The Hall–Kier alpha value is -4.75. The Morgan fingerprint density at radius 3 is 2.44 bits per heavy atom. The predicted molar refractivity (Wildman–Crippen MR) is 188 cm³/mol. The molecule has 1 aromatic rings. The normalized spacial score (nSPS) is 22.5. The average Bonchev–Trinajstić information content (AvgIpc) is 3.39. The van der Waals surface area contributed by atoms with Crippen LogP contribution < -0.4 is 5.32 Å². The summed E-state index contributed by atoms with van der Waals surface area (Å²) in [6, 6.07) is 2.10. The number of rotatable bonds is 14. The fourth-order valence-corrected chi connectivity index (χ4v) is 6.98. The summed E-state index contributed by atoms with van der Waals surface area (Å²) in [5.74, 6) is -4.03. The Morgan fingerprint density at radius 2 is 1.85 bits per heavy atom. The van der Waals surface area contributed by atoms with Gasteiger partial charge in [-0.05, 0) is 65.0 Å². The van der Waals surface area contributed by atoms with Crippen LogP contribution in [0.3, 0.4) is 0 Å². The Bertz CT molecular complexity index is 1580. The third kappa shape index (κ3) is 8.99. The third-order valence-electron chi connectivity index (χ3n) is 9.50. The van der Waals surface area contributed by atoms with Gasteiger partial charge in [-0.3, -0.25) is 24.2 Å². The van der Waals surface area contributed by atoms with Crippen LogP contribution >= 0.6 is 0 Å².